The van der Waals surface area contributed by atoms with Crippen molar-refractivity contribution in [2.75, 3.05) is 36.8 Å². The molecule has 1 aliphatic heterocycles. The smallest absolute Gasteiger partial charge is 0.329 e. The van der Waals surface area contributed by atoms with Crippen molar-refractivity contribution in [1.29, 1.82) is 0 Å². The van der Waals surface area contributed by atoms with E-state index >= 15 is 8.78 Å². The molecule has 0 fully saturated rings. The molecule has 0 unspecified atom stereocenters. The van der Waals surface area contributed by atoms with E-state index in [0.29, 0.717) is 16.8 Å². The lowest BCUT2D eigenvalue weighted by Gasteiger charge is -2.36. The fourth-order valence-electron chi connectivity index (χ4n) is 3.74. The van der Waals surface area contributed by atoms with E-state index in [4.69, 9.17) is 15.2 Å². The van der Waals surface area contributed by atoms with Crippen LogP contribution in [0.4, 0.5) is 30.8 Å². The van der Waals surface area contributed by atoms with Gasteiger partial charge in [-0.05, 0) is 5.56 Å². The number of methoxy groups -OCH3 is 2. The molecule has 160 valence electrons. The summed E-state index contributed by atoms with van der Waals surface area (Å²) in [6.07, 6.45) is 1.50. The Hall–Kier alpha value is -3.88. The number of halogens is 2. The predicted molar refractivity (Wildman–Crippen MR) is 114 cm³/mol. The normalized spacial score (nSPS) is 13.3. The van der Waals surface area contributed by atoms with E-state index in [-0.39, 0.29) is 23.9 Å². The Kier molecular flexibility index (Phi) is 5.10. The largest absolute Gasteiger partial charge is 0.493 e. The van der Waals surface area contributed by atoms with Gasteiger partial charge in [-0.3, -0.25) is 9.80 Å². The van der Waals surface area contributed by atoms with Crippen LogP contribution >= 0.6 is 0 Å². The number of nitrogen functional groups attached to an aromatic ring is 1. The number of urea groups is 1. The number of benzene rings is 2. The van der Waals surface area contributed by atoms with E-state index < -0.39 is 23.4 Å². The molecule has 2 amide bonds. The zero-order valence-electron chi connectivity index (χ0n) is 17.1. The fourth-order valence-corrected chi connectivity index (χ4v) is 3.74. The van der Waals surface area contributed by atoms with Gasteiger partial charge in [-0.25, -0.2) is 18.6 Å². The predicted octanol–water partition coefficient (Wildman–Crippen LogP) is 4.20. The van der Waals surface area contributed by atoms with Crippen LogP contribution in [0.15, 0.2) is 42.6 Å². The molecule has 0 spiro atoms. The van der Waals surface area contributed by atoms with Crippen LogP contribution in [0.2, 0.25) is 0 Å². The van der Waals surface area contributed by atoms with E-state index in [1.54, 1.807) is 0 Å². The van der Waals surface area contributed by atoms with Crippen molar-refractivity contribution in [3.8, 4) is 22.6 Å². The average molecular weight is 426 g/mol. The molecule has 2 aromatic carbocycles. The summed E-state index contributed by atoms with van der Waals surface area (Å²) < 4.78 is 40.1. The fraction of sp³-hybridized carbons (Fsp3) is 0.182. The zero-order valence-corrected chi connectivity index (χ0v) is 17.1. The standard InChI is InChI=1S/C22H20F2N4O3/c1-27-19-13(10-26-21(25)16(19)12-7-5-4-6-8-12)11-28(22(27)29)20-17(23)14(30-2)9-15(31-3)18(20)24/h4-10H,11H2,1-3H3,(H2,25,26). The van der Waals surface area contributed by atoms with Crippen LogP contribution in [0.25, 0.3) is 11.1 Å². The van der Waals surface area contributed by atoms with E-state index in [9.17, 15) is 4.79 Å². The van der Waals surface area contributed by atoms with Gasteiger partial charge in [-0.15, -0.1) is 0 Å². The van der Waals surface area contributed by atoms with Gasteiger partial charge in [0.05, 0.1) is 26.5 Å². The number of carbonyl (C=O) groups is 1. The first-order valence-electron chi connectivity index (χ1n) is 9.37. The highest BCUT2D eigenvalue weighted by molar-refractivity contribution is 6.09. The maximum atomic E-state index is 15.1. The first-order valence-corrected chi connectivity index (χ1v) is 9.37. The van der Waals surface area contributed by atoms with Crippen molar-refractivity contribution in [3.63, 3.8) is 0 Å². The molecule has 7 nitrogen and oxygen atoms in total. The Morgan fingerprint density at radius 3 is 2.23 bits per heavy atom. The number of anilines is 3. The Morgan fingerprint density at radius 2 is 1.65 bits per heavy atom. The van der Waals surface area contributed by atoms with Crippen molar-refractivity contribution in [2.24, 2.45) is 0 Å². The third-order valence-electron chi connectivity index (χ3n) is 5.22. The van der Waals surface area contributed by atoms with Crippen molar-refractivity contribution in [2.45, 2.75) is 6.54 Å². The molecule has 2 N–H and O–H groups in total. The van der Waals surface area contributed by atoms with Gasteiger partial charge in [-0.1, -0.05) is 30.3 Å². The number of amides is 2. The third kappa shape index (κ3) is 3.18. The van der Waals surface area contributed by atoms with Crippen molar-refractivity contribution in [3.05, 3.63) is 59.8 Å². The highest BCUT2D eigenvalue weighted by Crippen LogP contribution is 2.44. The van der Waals surface area contributed by atoms with Crippen LogP contribution in [-0.2, 0) is 6.54 Å². The first kappa shape index (κ1) is 20.4. The summed E-state index contributed by atoms with van der Waals surface area (Å²) in [5, 5.41) is 0. The molecule has 0 atom stereocenters. The molecule has 0 saturated heterocycles. The lowest BCUT2D eigenvalue weighted by Crippen LogP contribution is -2.46. The molecule has 1 aromatic heterocycles. The average Bonchev–Trinajstić information content (AvgIpc) is 2.78. The highest BCUT2D eigenvalue weighted by atomic mass is 19.1. The summed E-state index contributed by atoms with van der Waals surface area (Å²) in [4.78, 5) is 19.8. The maximum Gasteiger partial charge on any atom is 0.329 e. The molecule has 0 bridgehead atoms. The number of nitrogens with zero attached hydrogens (tertiary/aromatic N) is 3. The minimum Gasteiger partial charge on any atom is -0.493 e. The van der Waals surface area contributed by atoms with Gasteiger partial charge in [-0.2, -0.15) is 0 Å². The number of hydrogen-bond donors (Lipinski definition) is 1. The van der Waals surface area contributed by atoms with Gasteiger partial charge in [0.25, 0.3) is 0 Å². The Bertz CT molecular complexity index is 1140. The van der Waals surface area contributed by atoms with Crippen molar-refractivity contribution >= 4 is 23.2 Å². The van der Waals surface area contributed by atoms with E-state index in [0.717, 1.165) is 16.5 Å². The summed E-state index contributed by atoms with van der Waals surface area (Å²) in [6, 6.07) is 9.71. The Labute approximate surface area is 177 Å². The summed E-state index contributed by atoms with van der Waals surface area (Å²) in [5.41, 5.74) is 8.05. The second kappa shape index (κ2) is 7.75. The number of carbonyl (C=O) groups excluding carboxylic acids is 1. The van der Waals surface area contributed by atoms with E-state index in [1.165, 1.54) is 32.4 Å². The second-order valence-corrected chi connectivity index (χ2v) is 6.94. The molecule has 31 heavy (non-hydrogen) atoms. The SMILES string of the molecule is COc1cc(OC)c(F)c(N2Cc3cnc(N)c(-c4ccccc4)c3N(C)C2=O)c1F. The number of hydrogen-bond acceptors (Lipinski definition) is 5. The highest BCUT2D eigenvalue weighted by Gasteiger charge is 2.37. The third-order valence-corrected chi connectivity index (χ3v) is 5.22. The van der Waals surface area contributed by atoms with Crippen LogP contribution in [-0.4, -0.2) is 32.3 Å². The van der Waals surface area contributed by atoms with Gasteiger partial charge in [0, 0.05) is 30.4 Å². The van der Waals surface area contributed by atoms with Crippen LogP contribution < -0.4 is 25.0 Å². The van der Waals surface area contributed by atoms with Gasteiger partial charge in [0.2, 0.25) is 0 Å². The molecule has 2 heterocycles. The van der Waals surface area contributed by atoms with Crippen LogP contribution in [0.5, 0.6) is 11.5 Å². The molecule has 1 aliphatic rings. The molecule has 4 rings (SSSR count). The Morgan fingerprint density at radius 1 is 1.03 bits per heavy atom. The van der Waals surface area contributed by atoms with Crippen molar-refractivity contribution in [1.82, 2.24) is 4.98 Å². The summed E-state index contributed by atoms with van der Waals surface area (Å²) in [7, 11) is 4.02. The molecule has 0 saturated carbocycles. The Balaban J connectivity index is 1.90. The zero-order chi connectivity index (χ0) is 22.3. The molecular formula is C22H20F2N4O3. The number of pyridine rings is 1. The number of rotatable bonds is 4. The molecule has 3 aromatic rings. The summed E-state index contributed by atoms with van der Waals surface area (Å²) in [5.74, 6) is -2.24. The van der Waals surface area contributed by atoms with Crippen LogP contribution in [0, 0.1) is 11.6 Å². The number of fused-ring (bicyclic) bond motifs is 1. The second-order valence-electron chi connectivity index (χ2n) is 6.94. The number of nitrogens with two attached hydrogens (primary N) is 1. The van der Waals surface area contributed by atoms with Crippen LogP contribution in [0.1, 0.15) is 5.56 Å². The van der Waals surface area contributed by atoms with Gasteiger partial charge in [0.15, 0.2) is 23.1 Å². The molecule has 0 aliphatic carbocycles. The molecule has 0 radical (unpaired) electrons. The van der Waals surface area contributed by atoms with Gasteiger partial charge < -0.3 is 15.2 Å². The van der Waals surface area contributed by atoms with Crippen molar-refractivity contribution < 1.29 is 23.0 Å². The topological polar surface area (TPSA) is 80.9 Å². The maximum absolute atomic E-state index is 15.1. The number of ether oxygens (including phenoxy) is 2. The number of aromatic nitrogens is 1. The lowest BCUT2D eigenvalue weighted by atomic mass is 9.99. The van der Waals surface area contributed by atoms with E-state index in [1.807, 2.05) is 30.3 Å². The lowest BCUT2D eigenvalue weighted by molar-refractivity contribution is 0.250. The quantitative estimate of drug-likeness (QED) is 0.676. The summed E-state index contributed by atoms with van der Waals surface area (Å²) in [6.45, 7) is -0.115. The van der Waals surface area contributed by atoms with Crippen LogP contribution in [0.3, 0.4) is 0 Å². The molecular weight excluding hydrogens is 406 g/mol. The summed E-state index contributed by atoms with van der Waals surface area (Å²) >= 11 is 0. The minimum absolute atomic E-state index is 0.115. The molecule has 9 heteroatoms. The minimum atomic E-state index is -1.00. The monoisotopic (exact) mass is 426 g/mol. The van der Waals surface area contributed by atoms with E-state index in [2.05, 4.69) is 4.98 Å². The van der Waals surface area contributed by atoms with Gasteiger partial charge in [0.1, 0.15) is 11.5 Å². The first-order chi connectivity index (χ1) is 14.9. The van der Waals surface area contributed by atoms with Gasteiger partial charge >= 0.3 is 6.03 Å².